The molecule has 1 aromatic rings. The molecule has 0 spiro atoms. The van der Waals surface area contributed by atoms with Gasteiger partial charge in [0, 0.05) is 4.47 Å². The lowest BCUT2D eigenvalue weighted by Crippen LogP contribution is -1.96. The second kappa shape index (κ2) is 4.80. The Morgan fingerprint density at radius 1 is 1.62 bits per heavy atom. The minimum Gasteiger partial charge on any atom is -0.284 e. The van der Waals surface area contributed by atoms with Crippen LogP contribution in [0.2, 0.25) is 0 Å². The van der Waals surface area contributed by atoms with Gasteiger partial charge in [-0.2, -0.15) is 4.21 Å². The van der Waals surface area contributed by atoms with Crippen LogP contribution in [0.15, 0.2) is 22.7 Å². The maximum absolute atomic E-state index is 12.6. The highest BCUT2D eigenvalue weighted by molar-refractivity contribution is 9.10. The van der Waals surface area contributed by atoms with Gasteiger partial charge in [-0.15, -0.1) is 0 Å². The zero-order chi connectivity index (χ0) is 9.84. The monoisotopic (exact) mass is 268 g/mol. The topological polar surface area (TPSA) is 46.5 Å². The minimum atomic E-state index is -2.29. The standard InChI is InChI=1S/C7H6BrFO3S/c8-7-3-6(9)2-1-5(7)4-12-13(10)11/h1-3H,4H2,(H,10,11). The molecule has 0 saturated carbocycles. The Kier molecular flexibility index (Phi) is 3.98. The summed E-state index contributed by atoms with van der Waals surface area (Å²) in [6, 6.07) is 4.00. The minimum absolute atomic E-state index is 0.0377. The van der Waals surface area contributed by atoms with Crippen LogP contribution >= 0.6 is 15.9 Å². The average molecular weight is 269 g/mol. The lowest BCUT2D eigenvalue weighted by Gasteiger charge is -2.02. The third-order valence-corrected chi connectivity index (χ3v) is 2.39. The van der Waals surface area contributed by atoms with Gasteiger partial charge in [0.1, 0.15) is 5.82 Å². The summed E-state index contributed by atoms with van der Waals surface area (Å²) >= 11 is 0.802. The van der Waals surface area contributed by atoms with E-state index in [4.69, 9.17) is 4.55 Å². The summed E-state index contributed by atoms with van der Waals surface area (Å²) < 4.78 is 36.0. The fraction of sp³-hybridized carbons (Fsp3) is 0.143. The Morgan fingerprint density at radius 2 is 2.31 bits per heavy atom. The molecule has 0 radical (unpaired) electrons. The van der Waals surface area contributed by atoms with E-state index in [0.29, 0.717) is 10.0 Å². The second-order valence-electron chi connectivity index (χ2n) is 2.22. The van der Waals surface area contributed by atoms with Crippen molar-refractivity contribution in [2.24, 2.45) is 0 Å². The summed E-state index contributed by atoms with van der Waals surface area (Å²) in [4.78, 5) is 0. The van der Waals surface area contributed by atoms with Gasteiger partial charge in [0.05, 0.1) is 6.61 Å². The highest BCUT2D eigenvalue weighted by Crippen LogP contribution is 2.18. The van der Waals surface area contributed by atoms with E-state index in [1.807, 2.05) is 0 Å². The van der Waals surface area contributed by atoms with Crippen LogP contribution < -0.4 is 0 Å². The number of rotatable bonds is 3. The van der Waals surface area contributed by atoms with Crippen LogP contribution in [-0.2, 0) is 22.2 Å². The molecule has 0 heterocycles. The van der Waals surface area contributed by atoms with Gasteiger partial charge >= 0.3 is 11.4 Å². The number of hydrogen-bond acceptors (Lipinski definition) is 2. The molecule has 0 aliphatic carbocycles. The molecule has 1 atom stereocenters. The molecule has 0 saturated heterocycles. The molecule has 0 aromatic heterocycles. The van der Waals surface area contributed by atoms with Crippen molar-refractivity contribution in [3.63, 3.8) is 0 Å². The first kappa shape index (κ1) is 10.8. The maximum Gasteiger partial charge on any atom is 0.302 e. The van der Waals surface area contributed by atoms with Gasteiger partial charge in [0.15, 0.2) is 0 Å². The second-order valence-corrected chi connectivity index (χ2v) is 3.74. The van der Waals surface area contributed by atoms with E-state index < -0.39 is 11.4 Å². The van der Waals surface area contributed by atoms with E-state index in [9.17, 15) is 8.60 Å². The number of halogens is 2. The van der Waals surface area contributed by atoms with E-state index in [-0.39, 0.29) is 12.4 Å². The molecule has 0 fully saturated rings. The van der Waals surface area contributed by atoms with Gasteiger partial charge in [0.25, 0.3) is 0 Å². The van der Waals surface area contributed by atoms with Gasteiger partial charge < -0.3 is 0 Å². The predicted octanol–water partition coefficient (Wildman–Crippen LogP) is 2.24. The van der Waals surface area contributed by atoms with Gasteiger partial charge in [-0.1, -0.05) is 22.0 Å². The van der Waals surface area contributed by atoms with Crippen molar-refractivity contribution in [3.05, 3.63) is 34.1 Å². The quantitative estimate of drug-likeness (QED) is 0.856. The molecule has 1 aromatic carbocycles. The van der Waals surface area contributed by atoms with Crippen LogP contribution in [0.5, 0.6) is 0 Å². The number of hydrogen-bond donors (Lipinski definition) is 1. The van der Waals surface area contributed by atoms with Crippen LogP contribution in [0.25, 0.3) is 0 Å². The normalized spacial score (nSPS) is 12.8. The van der Waals surface area contributed by atoms with Crippen molar-refractivity contribution in [1.29, 1.82) is 0 Å². The first-order valence-corrected chi connectivity index (χ1v) is 5.10. The van der Waals surface area contributed by atoms with E-state index in [1.54, 1.807) is 0 Å². The predicted molar refractivity (Wildman–Crippen MR) is 49.7 cm³/mol. The Morgan fingerprint density at radius 3 is 2.85 bits per heavy atom. The lowest BCUT2D eigenvalue weighted by atomic mass is 10.2. The summed E-state index contributed by atoms with van der Waals surface area (Å²) in [5.41, 5.74) is 0.615. The molecule has 1 unspecified atom stereocenters. The maximum atomic E-state index is 12.6. The van der Waals surface area contributed by atoms with Crippen LogP contribution in [-0.4, -0.2) is 8.76 Å². The summed E-state index contributed by atoms with van der Waals surface area (Å²) in [6.45, 7) is -0.0377. The Balaban J connectivity index is 2.72. The molecule has 6 heteroatoms. The summed E-state index contributed by atoms with van der Waals surface area (Å²) in [5, 5.41) is 0. The number of benzene rings is 1. The average Bonchev–Trinajstić information content (AvgIpc) is 2.02. The highest BCUT2D eigenvalue weighted by atomic mass is 79.9. The van der Waals surface area contributed by atoms with Crippen molar-refractivity contribution in [3.8, 4) is 0 Å². The molecular formula is C7H6BrFO3S. The molecule has 72 valence electrons. The van der Waals surface area contributed by atoms with E-state index in [2.05, 4.69) is 20.1 Å². The Hall–Kier alpha value is -0.300. The Bertz CT molecular complexity index is 332. The van der Waals surface area contributed by atoms with Crippen molar-refractivity contribution >= 4 is 27.3 Å². The van der Waals surface area contributed by atoms with Crippen LogP contribution in [0.4, 0.5) is 4.39 Å². The zero-order valence-corrected chi connectivity index (χ0v) is 8.77. The van der Waals surface area contributed by atoms with Crippen molar-refractivity contribution < 1.29 is 17.3 Å². The van der Waals surface area contributed by atoms with Gasteiger partial charge in [-0.05, 0) is 17.7 Å². The summed E-state index contributed by atoms with van der Waals surface area (Å²) in [5.74, 6) is -0.374. The third kappa shape index (κ3) is 3.51. The first-order chi connectivity index (χ1) is 6.09. The van der Waals surface area contributed by atoms with E-state index >= 15 is 0 Å². The smallest absolute Gasteiger partial charge is 0.284 e. The first-order valence-electron chi connectivity index (χ1n) is 3.27. The van der Waals surface area contributed by atoms with E-state index in [0.717, 1.165) is 0 Å². The van der Waals surface area contributed by atoms with Gasteiger partial charge in [0.2, 0.25) is 0 Å². The third-order valence-electron chi connectivity index (χ3n) is 1.33. The molecule has 0 bridgehead atoms. The molecular weight excluding hydrogens is 263 g/mol. The fourth-order valence-electron chi connectivity index (χ4n) is 0.753. The van der Waals surface area contributed by atoms with E-state index in [1.165, 1.54) is 18.2 Å². The Labute approximate surface area is 85.5 Å². The van der Waals surface area contributed by atoms with Crippen molar-refractivity contribution in [2.75, 3.05) is 0 Å². The van der Waals surface area contributed by atoms with Crippen LogP contribution in [0.1, 0.15) is 5.56 Å². The zero-order valence-electron chi connectivity index (χ0n) is 6.37. The molecule has 0 aliphatic heterocycles. The van der Waals surface area contributed by atoms with Crippen LogP contribution in [0.3, 0.4) is 0 Å². The molecule has 1 N–H and O–H groups in total. The molecule has 1 rings (SSSR count). The molecule has 0 aliphatic rings. The largest absolute Gasteiger partial charge is 0.302 e. The van der Waals surface area contributed by atoms with Gasteiger partial charge in [-0.25, -0.2) is 4.39 Å². The molecule has 3 nitrogen and oxygen atoms in total. The molecule has 13 heavy (non-hydrogen) atoms. The highest BCUT2D eigenvalue weighted by Gasteiger charge is 2.03. The SMILES string of the molecule is O=S(O)OCc1ccc(F)cc1Br. The summed E-state index contributed by atoms with van der Waals surface area (Å²) in [7, 11) is 0. The fourth-order valence-corrected chi connectivity index (χ4v) is 1.45. The van der Waals surface area contributed by atoms with Gasteiger partial charge in [-0.3, -0.25) is 8.74 Å². The summed E-state index contributed by atoms with van der Waals surface area (Å²) in [6.07, 6.45) is 0. The van der Waals surface area contributed by atoms with Crippen LogP contribution in [0, 0.1) is 5.82 Å². The van der Waals surface area contributed by atoms with Crippen molar-refractivity contribution in [2.45, 2.75) is 6.61 Å². The molecule has 0 amide bonds. The lowest BCUT2D eigenvalue weighted by molar-refractivity contribution is 0.296. The van der Waals surface area contributed by atoms with Crippen molar-refractivity contribution in [1.82, 2.24) is 0 Å².